The van der Waals surface area contributed by atoms with E-state index in [1.54, 1.807) is 19.2 Å². The fourth-order valence-corrected chi connectivity index (χ4v) is 2.88. The molecule has 1 atom stereocenters. The predicted molar refractivity (Wildman–Crippen MR) is 111 cm³/mol. The van der Waals surface area contributed by atoms with Crippen LogP contribution in [-0.2, 0) is 21.6 Å². The molecule has 2 heterocycles. The van der Waals surface area contributed by atoms with E-state index in [4.69, 9.17) is 9.47 Å². The van der Waals surface area contributed by atoms with Crippen LogP contribution >= 0.6 is 0 Å². The molecule has 0 N–H and O–H groups in total. The number of carbonyl (C=O) groups is 1. The first kappa shape index (κ1) is 20.6. The lowest BCUT2D eigenvalue weighted by Crippen LogP contribution is -2.26. The molecule has 1 aromatic carbocycles. The van der Waals surface area contributed by atoms with Gasteiger partial charge in [0.05, 0.1) is 5.69 Å². The second kappa shape index (κ2) is 8.07. The lowest BCUT2D eigenvalue weighted by molar-refractivity contribution is -0.152. The first-order valence-electron chi connectivity index (χ1n) is 9.56. The third kappa shape index (κ3) is 5.02. The Bertz CT molecular complexity index is 1100. The van der Waals surface area contributed by atoms with E-state index >= 15 is 0 Å². The van der Waals surface area contributed by atoms with E-state index in [9.17, 15) is 9.59 Å². The van der Waals surface area contributed by atoms with Crippen molar-refractivity contribution in [3.63, 3.8) is 0 Å². The van der Waals surface area contributed by atoms with Gasteiger partial charge in [0.1, 0.15) is 18.0 Å². The summed E-state index contributed by atoms with van der Waals surface area (Å²) in [4.78, 5) is 29.0. The van der Waals surface area contributed by atoms with E-state index in [2.05, 4.69) is 25.8 Å². The zero-order valence-electron chi connectivity index (χ0n) is 17.4. The van der Waals surface area contributed by atoms with Gasteiger partial charge in [0.2, 0.25) is 0 Å². The van der Waals surface area contributed by atoms with Crippen molar-refractivity contribution < 1.29 is 14.3 Å². The van der Waals surface area contributed by atoms with Gasteiger partial charge in [-0.05, 0) is 48.6 Å². The average molecular weight is 394 g/mol. The van der Waals surface area contributed by atoms with Crippen molar-refractivity contribution in [3.05, 3.63) is 75.8 Å². The quantitative estimate of drug-likeness (QED) is 0.616. The summed E-state index contributed by atoms with van der Waals surface area (Å²) in [6.07, 6.45) is 0.941. The third-order valence-corrected chi connectivity index (χ3v) is 4.57. The summed E-state index contributed by atoms with van der Waals surface area (Å²) < 4.78 is 12.5. The highest BCUT2D eigenvalue weighted by atomic mass is 16.6. The Morgan fingerprint density at radius 3 is 2.66 bits per heavy atom. The molecule has 0 fully saturated rings. The Balaban J connectivity index is 1.66. The second-order valence-corrected chi connectivity index (χ2v) is 8.17. The number of nitrogens with zero attached hydrogens (tertiary/aromatic N) is 2. The van der Waals surface area contributed by atoms with Crippen LogP contribution in [0.4, 0.5) is 0 Å². The van der Waals surface area contributed by atoms with Crippen molar-refractivity contribution in [2.24, 2.45) is 0 Å². The Morgan fingerprint density at radius 2 is 1.93 bits per heavy atom. The minimum absolute atomic E-state index is 0.0164. The molecule has 0 aliphatic carbocycles. The van der Waals surface area contributed by atoms with Crippen LogP contribution in [0.15, 0.2) is 53.5 Å². The highest BCUT2D eigenvalue weighted by Gasteiger charge is 2.19. The van der Waals surface area contributed by atoms with Gasteiger partial charge in [0.15, 0.2) is 6.10 Å². The highest BCUT2D eigenvalue weighted by Crippen LogP contribution is 2.26. The average Bonchev–Trinajstić information content (AvgIpc) is 2.66. The van der Waals surface area contributed by atoms with Crippen LogP contribution < -0.4 is 10.3 Å². The van der Waals surface area contributed by atoms with E-state index < -0.39 is 12.1 Å². The van der Waals surface area contributed by atoms with E-state index in [0.717, 1.165) is 11.1 Å². The molecule has 3 rings (SSSR count). The normalized spacial score (nSPS) is 12.6. The predicted octanol–water partition coefficient (Wildman–Crippen LogP) is 3.81. The fraction of sp³-hybridized carbons (Fsp3) is 0.348. The number of carbonyl (C=O) groups excluding carboxylic acids is 1. The van der Waals surface area contributed by atoms with Crippen molar-refractivity contribution in [1.29, 1.82) is 0 Å². The molecule has 0 amide bonds. The molecule has 0 bridgehead atoms. The van der Waals surface area contributed by atoms with Crippen molar-refractivity contribution in [3.8, 4) is 5.75 Å². The number of aryl methyl sites for hydroxylation is 1. The number of hydrogen-bond acceptors (Lipinski definition) is 5. The maximum absolute atomic E-state index is 12.3. The van der Waals surface area contributed by atoms with E-state index in [0.29, 0.717) is 17.1 Å². The maximum Gasteiger partial charge on any atom is 0.347 e. The molecule has 1 unspecified atom stereocenters. The van der Waals surface area contributed by atoms with Crippen molar-refractivity contribution in [1.82, 2.24) is 9.38 Å². The second-order valence-electron chi connectivity index (χ2n) is 8.17. The Labute approximate surface area is 170 Å². The Hall–Kier alpha value is -3.15. The van der Waals surface area contributed by atoms with Gasteiger partial charge in [0.25, 0.3) is 5.56 Å². The number of fused-ring (bicyclic) bond motifs is 1. The zero-order valence-corrected chi connectivity index (χ0v) is 17.4. The number of ether oxygens (including phenoxy) is 2. The van der Waals surface area contributed by atoms with E-state index in [-0.39, 0.29) is 17.6 Å². The highest BCUT2D eigenvalue weighted by molar-refractivity contribution is 5.74. The molecule has 0 radical (unpaired) electrons. The van der Waals surface area contributed by atoms with Crippen LogP contribution in [0.2, 0.25) is 0 Å². The molecule has 0 aliphatic heterocycles. The third-order valence-electron chi connectivity index (χ3n) is 4.57. The lowest BCUT2D eigenvalue weighted by Gasteiger charge is -2.20. The molecular formula is C23H26N2O4. The number of pyridine rings is 1. The van der Waals surface area contributed by atoms with Gasteiger partial charge in [-0.3, -0.25) is 9.20 Å². The molecule has 0 aliphatic rings. The summed E-state index contributed by atoms with van der Waals surface area (Å²) in [7, 11) is 0. The fourth-order valence-electron chi connectivity index (χ4n) is 2.88. The number of aromatic nitrogens is 2. The van der Waals surface area contributed by atoms with E-state index in [1.165, 1.54) is 10.5 Å². The Morgan fingerprint density at radius 1 is 1.17 bits per heavy atom. The van der Waals surface area contributed by atoms with Crippen LogP contribution in [0.5, 0.6) is 5.75 Å². The molecule has 152 valence electrons. The molecule has 3 aromatic rings. The van der Waals surface area contributed by atoms with Gasteiger partial charge in [-0.2, -0.15) is 0 Å². The van der Waals surface area contributed by atoms with Gasteiger partial charge in [-0.15, -0.1) is 0 Å². The monoisotopic (exact) mass is 394 g/mol. The standard InChI is InChI=1S/C23H26N2O4/c1-15-9-10-20-24-18(12-21(26)25(20)13-15)14-28-22(27)16(2)29-19-8-6-7-17(11-19)23(3,4)5/h6-13,16H,14H2,1-5H3. The number of benzene rings is 1. The molecule has 6 nitrogen and oxygen atoms in total. The minimum Gasteiger partial charge on any atom is -0.479 e. The van der Waals surface area contributed by atoms with Crippen LogP contribution in [-0.4, -0.2) is 21.5 Å². The van der Waals surface area contributed by atoms with Gasteiger partial charge < -0.3 is 9.47 Å². The largest absolute Gasteiger partial charge is 0.479 e. The number of hydrogen-bond donors (Lipinski definition) is 0. The Kier molecular flexibility index (Phi) is 5.73. The summed E-state index contributed by atoms with van der Waals surface area (Å²) >= 11 is 0. The zero-order chi connectivity index (χ0) is 21.2. The van der Waals surface area contributed by atoms with Gasteiger partial charge in [-0.25, -0.2) is 9.78 Å². The first-order valence-corrected chi connectivity index (χ1v) is 9.56. The summed E-state index contributed by atoms with van der Waals surface area (Å²) in [6.45, 7) is 9.80. The van der Waals surface area contributed by atoms with E-state index in [1.807, 2.05) is 37.3 Å². The van der Waals surface area contributed by atoms with Crippen molar-refractivity contribution in [2.75, 3.05) is 0 Å². The molecule has 2 aromatic heterocycles. The summed E-state index contributed by atoms with van der Waals surface area (Å²) in [6, 6.07) is 12.7. The molecule has 0 saturated carbocycles. The van der Waals surface area contributed by atoms with Gasteiger partial charge in [-0.1, -0.05) is 39.0 Å². The topological polar surface area (TPSA) is 69.9 Å². The molecule has 6 heteroatoms. The summed E-state index contributed by atoms with van der Waals surface area (Å²) in [5.74, 6) is 0.0939. The lowest BCUT2D eigenvalue weighted by atomic mass is 9.87. The number of esters is 1. The summed E-state index contributed by atoms with van der Waals surface area (Å²) in [5.41, 5.74) is 2.76. The molecule has 0 saturated heterocycles. The van der Waals surface area contributed by atoms with Crippen LogP contribution in [0, 0.1) is 6.92 Å². The smallest absolute Gasteiger partial charge is 0.347 e. The maximum atomic E-state index is 12.3. The van der Waals surface area contributed by atoms with Crippen molar-refractivity contribution in [2.45, 2.75) is 52.7 Å². The molecule has 0 spiro atoms. The van der Waals surface area contributed by atoms with Crippen LogP contribution in [0.25, 0.3) is 5.65 Å². The first-order chi connectivity index (χ1) is 13.6. The van der Waals surface area contributed by atoms with Crippen molar-refractivity contribution >= 4 is 11.6 Å². The van der Waals surface area contributed by atoms with Gasteiger partial charge in [0, 0.05) is 12.3 Å². The summed E-state index contributed by atoms with van der Waals surface area (Å²) in [5, 5.41) is 0. The van der Waals surface area contributed by atoms with Gasteiger partial charge >= 0.3 is 5.97 Å². The van der Waals surface area contributed by atoms with Crippen LogP contribution in [0.3, 0.4) is 0 Å². The van der Waals surface area contributed by atoms with Crippen LogP contribution in [0.1, 0.15) is 44.5 Å². The minimum atomic E-state index is -0.783. The number of rotatable bonds is 5. The SMILES string of the molecule is Cc1ccc2nc(COC(=O)C(C)Oc3cccc(C(C)(C)C)c3)cc(=O)n2c1. The molecular weight excluding hydrogens is 368 g/mol. The molecule has 29 heavy (non-hydrogen) atoms.